The minimum Gasteiger partial charge on any atom is -0.479 e. The summed E-state index contributed by atoms with van der Waals surface area (Å²) in [6, 6.07) is 4.43. The van der Waals surface area contributed by atoms with Crippen molar-refractivity contribution < 1.29 is 19.0 Å². The summed E-state index contributed by atoms with van der Waals surface area (Å²) in [7, 11) is 0. The average Bonchev–Trinajstić information content (AvgIpc) is 2.37. The van der Waals surface area contributed by atoms with E-state index >= 15 is 0 Å². The highest BCUT2D eigenvalue weighted by Gasteiger charge is 2.21. The van der Waals surface area contributed by atoms with Gasteiger partial charge in [-0.15, -0.1) is 0 Å². The quantitative estimate of drug-likeness (QED) is 0.797. The summed E-state index contributed by atoms with van der Waals surface area (Å²) in [4.78, 5) is 11.0. The molecule has 1 aromatic rings. The van der Waals surface area contributed by atoms with Gasteiger partial charge in [0.2, 0.25) is 0 Å². The van der Waals surface area contributed by atoms with E-state index in [1.165, 1.54) is 6.07 Å². The van der Waals surface area contributed by atoms with Crippen LogP contribution in [0.1, 0.15) is 32.3 Å². The maximum Gasteiger partial charge on any atom is 0.344 e. The van der Waals surface area contributed by atoms with E-state index < -0.39 is 17.9 Å². The fourth-order valence-electron chi connectivity index (χ4n) is 1.72. The number of hydrogen-bond acceptors (Lipinski definition) is 3. The molecule has 3 N–H and O–H groups in total. The van der Waals surface area contributed by atoms with Crippen molar-refractivity contribution in [3.05, 3.63) is 29.6 Å². The standard InChI is InChI=1S/C14H20FNO3/c1-3-10(16)8-9-6-5-7-11(15)13(9)19-12(4-2)14(17)18/h5-7,10,12H,3-4,8,16H2,1-2H3,(H,17,18). The van der Waals surface area contributed by atoms with Crippen LogP contribution in [0.15, 0.2) is 18.2 Å². The van der Waals surface area contributed by atoms with Crippen molar-refractivity contribution >= 4 is 5.97 Å². The Bertz CT molecular complexity index is 437. The third-order valence-electron chi connectivity index (χ3n) is 2.96. The van der Waals surface area contributed by atoms with Crippen molar-refractivity contribution in [3.63, 3.8) is 0 Å². The highest BCUT2D eigenvalue weighted by molar-refractivity contribution is 5.72. The molecule has 1 aromatic carbocycles. The van der Waals surface area contributed by atoms with Crippen LogP contribution in [0.2, 0.25) is 0 Å². The molecule has 0 aromatic heterocycles. The molecule has 19 heavy (non-hydrogen) atoms. The Balaban J connectivity index is 3.00. The number of rotatable bonds is 7. The first-order valence-electron chi connectivity index (χ1n) is 6.42. The molecule has 0 saturated carbocycles. The number of carboxylic acid groups (broad SMARTS) is 1. The summed E-state index contributed by atoms with van der Waals surface area (Å²) in [6.07, 6.45) is 0.433. The summed E-state index contributed by atoms with van der Waals surface area (Å²) in [6.45, 7) is 3.62. The summed E-state index contributed by atoms with van der Waals surface area (Å²) >= 11 is 0. The highest BCUT2D eigenvalue weighted by Crippen LogP contribution is 2.26. The topological polar surface area (TPSA) is 72.5 Å². The fraction of sp³-hybridized carbons (Fsp3) is 0.500. The lowest BCUT2D eigenvalue weighted by atomic mass is 10.0. The van der Waals surface area contributed by atoms with Gasteiger partial charge in [0.25, 0.3) is 0 Å². The second-order valence-corrected chi connectivity index (χ2v) is 4.45. The fourth-order valence-corrected chi connectivity index (χ4v) is 1.72. The molecule has 5 heteroatoms. The van der Waals surface area contributed by atoms with Gasteiger partial charge in [0.1, 0.15) is 0 Å². The number of aliphatic carboxylic acids is 1. The van der Waals surface area contributed by atoms with Crippen molar-refractivity contribution in [3.8, 4) is 5.75 Å². The molecule has 2 unspecified atom stereocenters. The first-order chi connectivity index (χ1) is 8.99. The average molecular weight is 269 g/mol. The van der Waals surface area contributed by atoms with E-state index in [0.29, 0.717) is 12.0 Å². The van der Waals surface area contributed by atoms with Crippen LogP contribution < -0.4 is 10.5 Å². The van der Waals surface area contributed by atoms with Gasteiger partial charge in [0.05, 0.1) is 0 Å². The lowest BCUT2D eigenvalue weighted by Crippen LogP contribution is -2.28. The Labute approximate surface area is 112 Å². The molecule has 0 heterocycles. The van der Waals surface area contributed by atoms with Crippen molar-refractivity contribution in [2.75, 3.05) is 0 Å². The monoisotopic (exact) mass is 269 g/mol. The Morgan fingerprint density at radius 2 is 2.11 bits per heavy atom. The maximum absolute atomic E-state index is 13.8. The van der Waals surface area contributed by atoms with Crippen molar-refractivity contribution in [1.82, 2.24) is 0 Å². The van der Waals surface area contributed by atoms with Crippen LogP contribution in [0.25, 0.3) is 0 Å². The maximum atomic E-state index is 13.8. The summed E-state index contributed by atoms with van der Waals surface area (Å²) in [5.41, 5.74) is 6.46. The smallest absolute Gasteiger partial charge is 0.344 e. The molecule has 0 radical (unpaired) electrons. The van der Waals surface area contributed by atoms with Crippen LogP contribution >= 0.6 is 0 Å². The largest absolute Gasteiger partial charge is 0.479 e. The van der Waals surface area contributed by atoms with Gasteiger partial charge >= 0.3 is 5.97 Å². The number of carbonyl (C=O) groups is 1. The van der Waals surface area contributed by atoms with Crippen LogP contribution in [0, 0.1) is 5.82 Å². The zero-order valence-corrected chi connectivity index (χ0v) is 11.2. The molecule has 0 bridgehead atoms. The van der Waals surface area contributed by atoms with Gasteiger partial charge in [-0.3, -0.25) is 0 Å². The molecule has 0 fully saturated rings. The van der Waals surface area contributed by atoms with Gasteiger partial charge in [0, 0.05) is 6.04 Å². The second kappa shape index (κ2) is 7.09. The first kappa shape index (κ1) is 15.4. The van der Waals surface area contributed by atoms with Gasteiger partial charge < -0.3 is 15.6 Å². The molecule has 106 valence electrons. The van der Waals surface area contributed by atoms with Crippen molar-refractivity contribution in [1.29, 1.82) is 0 Å². The third-order valence-corrected chi connectivity index (χ3v) is 2.96. The molecule has 0 amide bonds. The zero-order valence-electron chi connectivity index (χ0n) is 11.2. The van der Waals surface area contributed by atoms with E-state index in [1.54, 1.807) is 19.1 Å². The lowest BCUT2D eigenvalue weighted by molar-refractivity contribution is -0.145. The van der Waals surface area contributed by atoms with E-state index in [4.69, 9.17) is 15.6 Å². The van der Waals surface area contributed by atoms with E-state index in [2.05, 4.69) is 0 Å². The Hall–Kier alpha value is -1.62. The van der Waals surface area contributed by atoms with Gasteiger partial charge in [-0.05, 0) is 30.9 Å². The van der Waals surface area contributed by atoms with Crippen LogP contribution in [-0.4, -0.2) is 23.2 Å². The second-order valence-electron chi connectivity index (χ2n) is 4.45. The molecule has 0 saturated heterocycles. The number of halogens is 1. The molecule has 0 spiro atoms. The molecule has 2 atom stereocenters. The minimum atomic E-state index is -1.10. The van der Waals surface area contributed by atoms with E-state index in [0.717, 1.165) is 6.42 Å². The van der Waals surface area contributed by atoms with Crippen LogP contribution in [-0.2, 0) is 11.2 Å². The van der Waals surface area contributed by atoms with Gasteiger partial charge in [-0.1, -0.05) is 26.0 Å². The van der Waals surface area contributed by atoms with Crippen LogP contribution in [0.5, 0.6) is 5.75 Å². The molecular formula is C14H20FNO3. The Kier molecular flexibility index (Phi) is 5.76. The number of nitrogens with two attached hydrogens (primary N) is 1. The SMILES string of the molecule is CCC(N)Cc1cccc(F)c1OC(CC)C(=O)O. The van der Waals surface area contributed by atoms with Crippen molar-refractivity contribution in [2.24, 2.45) is 5.73 Å². The summed E-state index contributed by atoms with van der Waals surface area (Å²) < 4.78 is 19.1. The molecule has 4 nitrogen and oxygen atoms in total. The molecule has 0 aliphatic carbocycles. The van der Waals surface area contributed by atoms with E-state index in [-0.39, 0.29) is 18.2 Å². The Morgan fingerprint density at radius 1 is 1.42 bits per heavy atom. The number of benzene rings is 1. The first-order valence-corrected chi connectivity index (χ1v) is 6.42. The van der Waals surface area contributed by atoms with Gasteiger partial charge in [-0.2, -0.15) is 0 Å². The molecule has 1 rings (SSSR count). The summed E-state index contributed by atoms with van der Waals surface area (Å²) in [5.74, 6) is -1.65. The highest BCUT2D eigenvalue weighted by atomic mass is 19.1. The van der Waals surface area contributed by atoms with E-state index in [9.17, 15) is 9.18 Å². The third kappa shape index (κ3) is 4.21. The predicted octanol–water partition coefficient (Wildman–Crippen LogP) is 2.35. The lowest BCUT2D eigenvalue weighted by Gasteiger charge is -2.18. The molecule has 0 aliphatic rings. The number of para-hydroxylation sites is 1. The van der Waals surface area contributed by atoms with Crippen LogP contribution in [0.4, 0.5) is 4.39 Å². The van der Waals surface area contributed by atoms with Gasteiger partial charge in [-0.25, -0.2) is 9.18 Å². The normalized spacial score (nSPS) is 13.9. The van der Waals surface area contributed by atoms with E-state index in [1.807, 2.05) is 6.92 Å². The van der Waals surface area contributed by atoms with Gasteiger partial charge in [0.15, 0.2) is 17.7 Å². The summed E-state index contributed by atoms with van der Waals surface area (Å²) in [5, 5.41) is 8.97. The number of carboxylic acids is 1. The van der Waals surface area contributed by atoms with Crippen molar-refractivity contribution in [2.45, 2.75) is 45.3 Å². The minimum absolute atomic E-state index is 0.000602. The number of ether oxygens (including phenoxy) is 1. The Morgan fingerprint density at radius 3 is 2.63 bits per heavy atom. The number of hydrogen-bond donors (Lipinski definition) is 2. The molecule has 0 aliphatic heterocycles. The zero-order chi connectivity index (χ0) is 14.4. The molecular weight excluding hydrogens is 249 g/mol. The van der Waals surface area contributed by atoms with Crippen LogP contribution in [0.3, 0.4) is 0 Å². The predicted molar refractivity (Wildman–Crippen MR) is 70.7 cm³/mol.